The molecule has 0 bridgehead atoms. The van der Waals surface area contributed by atoms with Crippen LogP contribution in [0.2, 0.25) is 5.02 Å². The van der Waals surface area contributed by atoms with Crippen molar-refractivity contribution in [3.63, 3.8) is 0 Å². The lowest BCUT2D eigenvalue weighted by Crippen LogP contribution is -2.21. The average Bonchev–Trinajstić information content (AvgIpc) is 3.45. The first-order chi connectivity index (χ1) is 21.7. The number of carbonyl (C=O) groups is 1. The van der Waals surface area contributed by atoms with Gasteiger partial charge in [-0.15, -0.1) is 0 Å². The largest absolute Gasteiger partial charge is 0.493 e. The Labute approximate surface area is 276 Å². The second kappa shape index (κ2) is 12.8. The van der Waals surface area contributed by atoms with Crippen molar-refractivity contribution in [2.45, 2.75) is 0 Å². The molecule has 0 radical (unpaired) electrons. The molecule has 1 N–H and O–H groups in total. The standard InChI is InChI=1S/C32H20Br2ClFN4O5/c1-43-25-13-18(28(33)29(34)30(25)44-16-27(41)38-21-6-4-5-20(36)14-21)15-37-40-31(39-23-8-3-2-7-22(23)32(40)42)26-12-17-11-19(35)9-10-24(17)45-26/h2-15H,16H2,1H3,(H,38,41). The van der Waals surface area contributed by atoms with E-state index >= 15 is 0 Å². The number of hydrogen-bond acceptors (Lipinski definition) is 7. The molecule has 6 rings (SSSR count). The molecule has 0 saturated heterocycles. The smallest absolute Gasteiger partial charge is 0.282 e. The highest BCUT2D eigenvalue weighted by Gasteiger charge is 2.20. The Morgan fingerprint density at radius 3 is 2.71 bits per heavy atom. The lowest BCUT2D eigenvalue weighted by atomic mass is 10.2. The Morgan fingerprint density at radius 2 is 1.91 bits per heavy atom. The number of para-hydroxylation sites is 1. The maximum Gasteiger partial charge on any atom is 0.282 e. The van der Waals surface area contributed by atoms with Gasteiger partial charge in [0.05, 0.1) is 28.7 Å². The van der Waals surface area contributed by atoms with E-state index in [-0.39, 0.29) is 23.9 Å². The fourth-order valence-electron chi connectivity index (χ4n) is 4.52. The number of aromatic nitrogens is 2. The summed E-state index contributed by atoms with van der Waals surface area (Å²) in [6.07, 6.45) is 1.46. The van der Waals surface area contributed by atoms with Crippen molar-refractivity contribution < 1.29 is 23.1 Å². The van der Waals surface area contributed by atoms with Crippen molar-refractivity contribution in [3.8, 4) is 23.1 Å². The summed E-state index contributed by atoms with van der Waals surface area (Å²) in [4.78, 5) is 30.8. The van der Waals surface area contributed by atoms with Crippen molar-refractivity contribution in [2.75, 3.05) is 19.0 Å². The molecule has 1 amide bonds. The molecule has 0 unspecified atom stereocenters. The summed E-state index contributed by atoms with van der Waals surface area (Å²) >= 11 is 13.2. The SMILES string of the molecule is COc1cc(C=Nn2c(-c3cc4cc(Cl)ccc4o3)nc3ccccc3c2=O)c(Br)c(Br)c1OCC(=O)Nc1cccc(F)c1. The van der Waals surface area contributed by atoms with Gasteiger partial charge in [-0.25, -0.2) is 9.37 Å². The van der Waals surface area contributed by atoms with E-state index in [0.29, 0.717) is 47.5 Å². The van der Waals surface area contributed by atoms with Gasteiger partial charge >= 0.3 is 0 Å². The van der Waals surface area contributed by atoms with E-state index in [1.165, 1.54) is 31.5 Å². The lowest BCUT2D eigenvalue weighted by Gasteiger charge is -2.15. The van der Waals surface area contributed by atoms with Gasteiger partial charge in [-0.1, -0.05) is 29.8 Å². The van der Waals surface area contributed by atoms with Gasteiger partial charge in [0.1, 0.15) is 11.4 Å². The Balaban J connectivity index is 1.35. The molecule has 0 aliphatic heterocycles. The second-order valence-electron chi connectivity index (χ2n) is 9.58. The second-order valence-corrected chi connectivity index (χ2v) is 11.6. The van der Waals surface area contributed by atoms with Crippen molar-refractivity contribution in [1.29, 1.82) is 0 Å². The number of benzene rings is 4. The first-order valence-electron chi connectivity index (χ1n) is 13.2. The minimum Gasteiger partial charge on any atom is -0.493 e. The molecule has 13 heteroatoms. The predicted molar refractivity (Wildman–Crippen MR) is 178 cm³/mol. The quantitative estimate of drug-likeness (QED) is 0.158. The highest BCUT2D eigenvalue weighted by Crippen LogP contribution is 2.42. The maximum atomic E-state index is 13.7. The van der Waals surface area contributed by atoms with Crippen LogP contribution in [0.3, 0.4) is 0 Å². The van der Waals surface area contributed by atoms with Crippen LogP contribution >= 0.6 is 43.5 Å². The van der Waals surface area contributed by atoms with Gasteiger partial charge in [-0.2, -0.15) is 9.78 Å². The van der Waals surface area contributed by atoms with Gasteiger partial charge in [-0.05, 0) is 92.5 Å². The number of nitrogens with one attached hydrogen (secondary N) is 1. The highest BCUT2D eigenvalue weighted by molar-refractivity contribution is 9.13. The van der Waals surface area contributed by atoms with E-state index in [0.717, 1.165) is 10.1 Å². The number of ether oxygens (including phenoxy) is 2. The van der Waals surface area contributed by atoms with Gasteiger partial charge in [0.2, 0.25) is 5.82 Å². The van der Waals surface area contributed by atoms with Crippen LogP contribution in [-0.4, -0.2) is 35.5 Å². The number of nitrogens with zero attached hydrogens (tertiary/aromatic N) is 3. The molecule has 2 heterocycles. The number of amides is 1. The van der Waals surface area contributed by atoms with Crippen molar-refractivity contribution in [1.82, 2.24) is 9.66 Å². The molecule has 226 valence electrons. The van der Waals surface area contributed by atoms with Crippen LogP contribution in [0.15, 0.2) is 102 Å². The normalized spacial score (nSPS) is 11.4. The van der Waals surface area contributed by atoms with E-state index < -0.39 is 17.3 Å². The third kappa shape index (κ3) is 6.35. The van der Waals surface area contributed by atoms with E-state index in [4.69, 9.17) is 30.5 Å². The number of methoxy groups -OCH3 is 1. The van der Waals surface area contributed by atoms with Crippen LogP contribution in [-0.2, 0) is 4.79 Å². The molecule has 4 aromatic carbocycles. The molecule has 6 aromatic rings. The number of anilines is 1. The zero-order valence-corrected chi connectivity index (χ0v) is 27.1. The number of rotatable bonds is 8. The van der Waals surface area contributed by atoms with E-state index in [1.807, 2.05) is 0 Å². The van der Waals surface area contributed by atoms with Crippen LogP contribution in [0.5, 0.6) is 11.5 Å². The van der Waals surface area contributed by atoms with Crippen LogP contribution < -0.4 is 20.3 Å². The minimum absolute atomic E-state index is 0.189. The van der Waals surface area contributed by atoms with Crippen molar-refractivity contribution >= 4 is 83.1 Å². The molecule has 2 aromatic heterocycles. The third-order valence-electron chi connectivity index (χ3n) is 6.60. The summed E-state index contributed by atoms with van der Waals surface area (Å²) in [6.45, 7) is -0.379. The Bertz CT molecular complexity index is 2200. The van der Waals surface area contributed by atoms with Crippen LogP contribution in [0, 0.1) is 5.82 Å². The molecule has 0 fully saturated rings. The zero-order valence-electron chi connectivity index (χ0n) is 23.2. The predicted octanol–water partition coefficient (Wildman–Crippen LogP) is 8.04. The average molecular weight is 755 g/mol. The summed E-state index contributed by atoms with van der Waals surface area (Å²) < 4.78 is 32.9. The number of hydrogen-bond donors (Lipinski definition) is 1. The topological polar surface area (TPSA) is 108 Å². The summed E-state index contributed by atoms with van der Waals surface area (Å²) in [5, 5.41) is 8.75. The zero-order chi connectivity index (χ0) is 31.7. The summed E-state index contributed by atoms with van der Waals surface area (Å²) in [7, 11) is 1.44. The number of furan rings is 1. The molecule has 0 aliphatic carbocycles. The van der Waals surface area contributed by atoms with E-state index in [9.17, 15) is 14.0 Å². The number of fused-ring (bicyclic) bond motifs is 2. The lowest BCUT2D eigenvalue weighted by molar-refractivity contribution is -0.118. The number of halogens is 4. The molecular formula is C32H20Br2ClFN4O5. The van der Waals surface area contributed by atoms with Crippen LogP contribution in [0.4, 0.5) is 10.1 Å². The van der Waals surface area contributed by atoms with Gasteiger partial charge in [0, 0.05) is 26.1 Å². The molecule has 0 atom stereocenters. The molecule has 9 nitrogen and oxygen atoms in total. The molecular weight excluding hydrogens is 735 g/mol. The first-order valence-corrected chi connectivity index (χ1v) is 15.2. The molecule has 0 aliphatic rings. The molecule has 0 saturated carbocycles. The first kappa shape index (κ1) is 30.5. The van der Waals surface area contributed by atoms with Crippen molar-refractivity contribution in [2.24, 2.45) is 5.10 Å². The molecule has 0 spiro atoms. The van der Waals surface area contributed by atoms with Crippen molar-refractivity contribution in [3.05, 3.63) is 115 Å². The monoisotopic (exact) mass is 752 g/mol. The summed E-state index contributed by atoms with van der Waals surface area (Å²) in [5.41, 5.74) is 1.46. The Kier molecular flexibility index (Phi) is 8.70. The van der Waals surface area contributed by atoms with E-state index in [1.54, 1.807) is 60.7 Å². The van der Waals surface area contributed by atoms with Gasteiger partial charge in [0.25, 0.3) is 11.5 Å². The van der Waals surface area contributed by atoms with Crippen LogP contribution in [0.25, 0.3) is 33.5 Å². The molecule has 45 heavy (non-hydrogen) atoms. The van der Waals surface area contributed by atoms with E-state index in [2.05, 4.69) is 42.3 Å². The maximum absolute atomic E-state index is 13.7. The summed E-state index contributed by atoms with van der Waals surface area (Å²) in [5.74, 6) is 0.0557. The third-order valence-corrected chi connectivity index (χ3v) is 8.97. The summed E-state index contributed by atoms with van der Waals surface area (Å²) in [6, 6.07) is 21.1. The van der Waals surface area contributed by atoms with Gasteiger partial charge < -0.3 is 19.2 Å². The minimum atomic E-state index is -0.500. The fraction of sp³-hybridized carbons (Fsp3) is 0.0625. The Hall–Kier alpha value is -4.52. The fourth-order valence-corrected chi connectivity index (χ4v) is 5.64. The number of carbonyl (C=O) groups excluding carboxylic acids is 1. The van der Waals surface area contributed by atoms with Gasteiger partial charge in [0.15, 0.2) is 23.9 Å². The highest BCUT2D eigenvalue weighted by atomic mass is 79.9. The van der Waals surface area contributed by atoms with Crippen LogP contribution in [0.1, 0.15) is 5.56 Å². The Morgan fingerprint density at radius 1 is 1.09 bits per heavy atom. The van der Waals surface area contributed by atoms with Gasteiger partial charge in [-0.3, -0.25) is 9.59 Å².